The fraction of sp³-hybridized carbons (Fsp3) is 0.286. The number of halogens is 1. The third-order valence-corrected chi connectivity index (χ3v) is 4.59. The molecule has 1 aromatic carbocycles. The van der Waals surface area contributed by atoms with E-state index in [-0.39, 0.29) is 0 Å². The molecule has 0 bridgehead atoms. The molecule has 5 heteroatoms. The number of nitrogens with one attached hydrogen (secondary N) is 1. The van der Waals surface area contributed by atoms with E-state index in [4.69, 9.17) is 0 Å². The Hall–Kier alpha value is -0.910. The van der Waals surface area contributed by atoms with Gasteiger partial charge in [-0.25, -0.2) is 9.97 Å². The summed E-state index contributed by atoms with van der Waals surface area (Å²) >= 11 is 5.25. The zero-order chi connectivity index (χ0) is 13.2. The topological polar surface area (TPSA) is 37.8 Å². The molecule has 2 aromatic rings. The smallest absolute Gasteiger partial charge is 0.139 e. The van der Waals surface area contributed by atoms with Gasteiger partial charge in [-0.3, -0.25) is 0 Å². The molecule has 0 atom stereocenters. The first-order valence-corrected chi connectivity index (χ1v) is 7.94. The predicted molar refractivity (Wildman–Crippen MR) is 81.0 cm³/mol. The second-order valence-corrected chi connectivity index (χ2v) is 6.46. The van der Waals surface area contributed by atoms with Crippen molar-refractivity contribution in [3.63, 3.8) is 0 Å². The van der Waals surface area contributed by atoms with Crippen LogP contribution in [0, 0.1) is 6.92 Å². The van der Waals surface area contributed by atoms with Gasteiger partial charge in [-0.15, -0.1) is 11.8 Å². The van der Waals surface area contributed by atoms with Crippen molar-refractivity contribution in [2.45, 2.75) is 30.7 Å². The molecule has 0 radical (unpaired) electrons. The van der Waals surface area contributed by atoms with E-state index in [9.17, 15) is 0 Å². The van der Waals surface area contributed by atoms with E-state index in [1.807, 2.05) is 12.1 Å². The Morgan fingerprint density at radius 2 is 2.21 bits per heavy atom. The van der Waals surface area contributed by atoms with Crippen LogP contribution in [0.2, 0.25) is 0 Å². The second-order valence-electron chi connectivity index (χ2n) is 4.50. The van der Waals surface area contributed by atoms with Crippen molar-refractivity contribution in [3.05, 3.63) is 51.5 Å². The minimum Gasteiger partial charge on any atom is -0.307 e. The molecule has 3 rings (SSSR count). The van der Waals surface area contributed by atoms with Crippen LogP contribution >= 0.6 is 27.7 Å². The highest BCUT2D eigenvalue weighted by atomic mass is 79.9. The largest absolute Gasteiger partial charge is 0.307 e. The quantitative estimate of drug-likeness (QED) is 0.872. The molecule has 0 saturated heterocycles. The lowest BCUT2D eigenvalue weighted by Gasteiger charge is -2.06. The van der Waals surface area contributed by atoms with Gasteiger partial charge in [0, 0.05) is 33.7 Å². The summed E-state index contributed by atoms with van der Waals surface area (Å²) < 4.78 is 1.10. The minimum absolute atomic E-state index is 0.810. The van der Waals surface area contributed by atoms with Crippen LogP contribution in [0.3, 0.4) is 0 Å². The molecule has 0 saturated carbocycles. The van der Waals surface area contributed by atoms with Crippen LogP contribution in [0.1, 0.15) is 22.8 Å². The highest BCUT2D eigenvalue weighted by Crippen LogP contribution is 2.25. The Bertz CT molecular complexity index is 616. The molecule has 0 spiro atoms. The zero-order valence-corrected chi connectivity index (χ0v) is 13.0. The number of hydrogen-bond acceptors (Lipinski definition) is 4. The van der Waals surface area contributed by atoms with Gasteiger partial charge in [0.1, 0.15) is 5.82 Å². The summed E-state index contributed by atoms with van der Waals surface area (Å²) in [6.07, 6.45) is 0. The molecule has 0 fully saturated rings. The maximum Gasteiger partial charge on any atom is 0.139 e. The standard InChI is InChI=1S/C14H14BrN3S/c1-9-12-6-16-7-13(12)18-14(17-9)8-19-11-4-2-3-10(15)5-11/h2-5,16H,6-8H2,1H3. The van der Waals surface area contributed by atoms with Gasteiger partial charge in [0.25, 0.3) is 0 Å². The fourth-order valence-electron chi connectivity index (χ4n) is 2.17. The Kier molecular flexibility index (Phi) is 3.86. The first-order valence-electron chi connectivity index (χ1n) is 6.17. The van der Waals surface area contributed by atoms with Gasteiger partial charge >= 0.3 is 0 Å². The Morgan fingerprint density at radius 3 is 3.05 bits per heavy atom. The summed E-state index contributed by atoms with van der Waals surface area (Å²) in [7, 11) is 0. The molecule has 0 aliphatic carbocycles. The van der Waals surface area contributed by atoms with Crippen molar-refractivity contribution >= 4 is 27.7 Å². The number of benzene rings is 1. The van der Waals surface area contributed by atoms with Gasteiger partial charge in [-0.2, -0.15) is 0 Å². The fourth-order valence-corrected chi connectivity index (χ4v) is 3.53. The number of nitrogens with zero attached hydrogens (tertiary/aromatic N) is 2. The van der Waals surface area contributed by atoms with Crippen LogP contribution in [0.5, 0.6) is 0 Å². The Labute approximate surface area is 125 Å². The molecular weight excluding hydrogens is 322 g/mol. The summed E-state index contributed by atoms with van der Waals surface area (Å²) in [4.78, 5) is 10.5. The van der Waals surface area contributed by atoms with E-state index in [1.165, 1.54) is 10.5 Å². The number of rotatable bonds is 3. The molecule has 2 heterocycles. The Balaban J connectivity index is 1.76. The molecule has 1 aliphatic heterocycles. The average molecular weight is 336 g/mol. The molecule has 1 N–H and O–H groups in total. The van der Waals surface area contributed by atoms with Crippen molar-refractivity contribution in [1.29, 1.82) is 0 Å². The van der Waals surface area contributed by atoms with Gasteiger partial charge < -0.3 is 5.32 Å². The van der Waals surface area contributed by atoms with E-state index in [1.54, 1.807) is 11.8 Å². The molecule has 3 nitrogen and oxygen atoms in total. The highest BCUT2D eigenvalue weighted by molar-refractivity contribution is 9.10. The van der Waals surface area contributed by atoms with Crippen molar-refractivity contribution < 1.29 is 0 Å². The lowest BCUT2D eigenvalue weighted by atomic mass is 10.2. The van der Waals surface area contributed by atoms with E-state index >= 15 is 0 Å². The van der Waals surface area contributed by atoms with Crippen molar-refractivity contribution in [2.75, 3.05) is 0 Å². The van der Waals surface area contributed by atoms with E-state index in [2.05, 4.69) is 50.3 Å². The van der Waals surface area contributed by atoms with Crippen LogP contribution in [-0.4, -0.2) is 9.97 Å². The van der Waals surface area contributed by atoms with Crippen LogP contribution in [0.25, 0.3) is 0 Å². The summed E-state index contributed by atoms with van der Waals surface area (Å²) in [5.41, 5.74) is 3.55. The summed E-state index contributed by atoms with van der Waals surface area (Å²) in [6.45, 7) is 3.84. The third kappa shape index (κ3) is 2.99. The van der Waals surface area contributed by atoms with Crippen molar-refractivity contribution in [3.8, 4) is 0 Å². The summed E-state index contributed by atoms with van der Waals surface area (Å²) in [5.74, 6) is 1.73. The molecule has 98 valence electrons. The third-order valence-electron chi connectivity index (χ3n) is 3.10. The number of aryl methyl sites for hydroxylation is 1. The van der Waals surface area contributed by atoms with Crippen molar-refractivity contribution in [2.24, 2.45) is 0 Å². The van der Waals surface area contributed by atoms with Gasteiger partial charge in [0.15, 0.2) is 0 Å². The number of aromatic nitrogens is 2. The van der Waals surface area contributed by atoms with E-state index < -0.39 is 0 Å². The lowest BCUT2D eigenvalue weighted by molar-refractivity contribution is 0.756. The maximum absolute atomic E-state index is 4.65. The predicted octanol–water partition coefficient (Wildman–Crippen LogP) is 3.44. The highest BCUT2D eigenvalue weighted by Gasteiger charge is 2.16. The first kappa shape index (κ1) is 13.1. The van der Waals surface area contributed by atoms with Crippen LogP contribution in [0.15, 0.2) is 33.6 Å². The molecule has 1 aromatic heterocycles. The summed E-state index contributed by atoms with van der Waals surface area (Å²) in [6, 6.07) is 8.31. The van der Waals surface area contributed by atoms with Crippen LogP contribution in [0.4, 0.5) is 0 Å². The minimum atomic E-state index is 0.810. The SMILES string of the molecule is Cc1nc(CSc2cccc(Br)c2)nc2c1CNC2. The van der Waals surface area contributed by atoms with E-state index in [0.29, 0.717) is 0 Å². The normalized spacial score (nSPS) is 13.6. The van der Waals surface area contributed by atoms with Crippen molar-refractivity contribution in [1.82, 2.24) is 15.3 Å². The number of thioether (sulfide) groups is 1. The molecule has 0 amide bonds. The monoisotopic (exact) mass is 335 g/mol. The zero-order valence-electron chi connectivity index (χ0n) is 10.6. The van der Waals surface area contributed by atoms with Gasteiger partial charge in [-0.05, 0) is 25.1 Å². The Morgan fingerprint density at radius 1 is 1.32 bits per heavy atom. The van der Waals surface area contributed by atoms with E-state index in [0.717, 1.165) is 40.5 Å². The maximum atomic E-state index is 4.65. The van der Waals surface area contributed by atoms with Crippen LogP contribution < -0.4 is 5.32 Å². The second kappa shape index (κ2) is 5.61. The molecule has 0 unspecified atom stereocenters. The molecular formula is C14H14BrN3S. The van der Waals surface area contributed by atoms with Gasteiger partial charge in [0.2, 0.25) is 0 Å². The van der Waals surface area contributed by atoms with Crippen LogP contribution in [-0.2, 0) is 18.8 Å². The molecule has 1 aliphatic rings. The van der Waals surface area contributed by atoms with Gasteiger partial charge in [0.05, 0.1) is 11.4 Å². The lowest BCUT2D eigenvalue weighted by Crippen LogP contribution is -2.02. The summed E-state index contributed by atoms with van der Waals surface area (Å²) in [5, 5.41) is 3.32. The average Bonchev–Trinajstić information content (AvgIpc) is 2.85. The molecule has 19 heavy (non-hydrogen) atoms. The first-order chi connectivity index (χ1) is 9.22. The number of hydrogen-bond donors (Lipinski definition) is 1. The number of fused-ring (bicyclic) bond motifs is 1. The van der Waals surface area contributed by atoms with Gasteiger partial charge in [-0.1, -0.05) is 22.0 Å².